The monoisotopic (exact) mass is 388 g/mol. The van der Waals surface area contributed by atoms with E-state index >= 15 is 0 Å². The molecule has 0 radical (unpaired) electrons. The Kier molecular flexibility index (Phi) is 7.99. The highest BCUT2D eigenvalue weighted by molar-refractivity contribution is 6.34. The first-order chi connectivity index (χ1) is 11.2. The molecule has 1 aliphatic heterocycles. The van der Waals surface area contributed by atoms with Gasteiger partial charge in [-0.15, -0.1) is 12.4 Å². The summed E-state index contributed by atoms with van der Waals surface area (Å²) < 4.78 is 0. The van der Waals surface area contributed by atoms with Crippen LogP contribution in [0.2, 0.25) is 5.02 Å². The van der Waals surface area contributed by atoms with Crippen LogP contribution in [0, 0.1) is 0 Å². The molecule has 1 heterocycles. The van der Waals surface area contributed by atoms with Gasteiger partial charge in [-0.1, -0.05) is 11.6 Å². The number of nitrogens with one attached hydrogen (secondary N) is 4. The number of halogens is 2. The highest BCUT2D eigenvalue weighted by atomic mass is 35.5. The van der Waals surface area contributed by atoms with Gasteiger partial charge in [0.2, 0.25) is 0 Å². The number of piperidine rings is 1. The van der Waals surface area contributed by atoms with Crippen molar-refractivity contribution in [2.45, 2.75) is 45.2 Å². The number of amides is 3. The number of carbonyl (C=O) groups excluding carboxylic acids is 2. The molecule has 6 nitrogen and oxygen atoms in total. The third-order valence-electron chi connectivity index (χ3n) is 3.63. The van der Waals surface area contributed by atoms with Crippen molar-refractivity contribution in [2.24, 2.45) is 0 Å². The van der Waals surface area contributed by atoms with Gasteiger partial charge in [0.15, 0.2) is 0 Å². The van der Waals surface area contributed by atoms with E-state index in [4.69, 9.17) is 11.6 Å². The number of urea groups is 1. The molecule has 1 aromatic rings. The molecule has 0 unspecified atom stereocenters. The quantitative estimate of drug-likeness (QED) is 0.641. The Bertz CT molecular complexity index is 611. The maximum absolute atomic E-state index is 12.5. The van der Waals surface area contributed by atoms with Crippen molar-refractivity contribution in [3.8, 4) is 0 Å². The summed E-state index contributed by atoms with van der Waals surface area (Å²) in [5, 5.41) is 12.2. The van der Waals surface area contributed by atoms with E-state index < -0.39 is 0 Å². The zero-order chi connectivity index (χ0) is 17.7. The summed E-state index contributed by atoms with van der Waals surface area (Å²) in [7, 11) is 0. The molecule has 25 heavy (non-hydrogen) atoms. The molecule has 0 spiro atoms. The number of anilines is 1. The maximum atomic E-state index is 12.5. The zero-order valence-electron chi connectivity index (χ0n) is 14.7. The van der Waals surface area contributed by atoms with Crippen molar-refractivity contribution in [3.63, 3.8) is 0 Å². The molecule has 0 aliphatic carbocycles. The average Bonchev–Trinajstić information content (AvgIpc) is 2.48. The van der Waals surface area contributed by atoms with Gasteiger partial charge in [0, 0.05) is 17.3 Å². The van der Waals surface area contributed by atoms with E-state index in [2.05, 4.69) is 21.3 Å². The fraction of sp³-hybridized carbons (Fsp3) is 0.529. The molecule has 1 aliphatic rings. The molecule has 3 amide bonds. The standard InChI is InChI=1S/C17H25ClN4O2.ClH/c1-17(2,3)22-16(24)21-12-4-5-14(18)13(10-12)15(23)20-11-6-8-19-9-7-11;/h4-5,10-11,19H,6-9H2,1-3H3,(H,20,23)(H2,21,22,24);1H. The van der Waals surface area contributed by atoms with Crippen molar-refractivity contribution in [3.05, 3.63) is 28.8 Å². The van der Waals surface area contributed by atoms with Crippen LogP contribution < -0.4 is 21.3 Å². The second kappa shape index (κ2) is 9.27. The van der Waals surface area contributed by atoms with Gasteiger partial charge in [-0.2, -0.15) is 0 Å². The largest absolute Gasteiger partial charge is 0.349 e. The number of carbonyl (C=O) groups is 2. The summed E-state index contributed by atoms with van der Waals surface area (Å²) in [5.74, 6) is -0.216. The SMILES string of the molecule is CC(C)(C)NC(=O)Nc1ccc(Cl)c(C(=O)NC2CCNCC2)c1.Cl. The summed E-state index contributed by atoms with van der Waals surface area (Å²) in [6.07, 6.45) is 1.80. The van der Waals surface area contributed by atoms with E-state index in [1.165, 1.54) is 0 Å². The van der Waals surface area contributed by atoms with Crippen LogP contribution >= 0.6 is 24.0 Å². The van der Waals surface area contributed by atoms with Gasteiger partial charge in [-0.25, -0.2) is 4.79 Å². The third-order valence-corrected chi connectivity index (χ3v) is 3.96. The molecule has 1 fully saturated rings. The van der Waals surface area contributed by atoms with Crippen molar-refractivity contribution >= 4 is 41.6 Å². The summed E-state index contributed by atoms with van der Waals surface area (Å²) in [6.45, 7) is 7.48. The first-order valence-electron chi connectivity index (χ1n) is 8.15. The summed E-state index contributed by atoms with van der Waals surface area (Å²) in [5.41, 5.74) is 0.548. The highest BCUT2D eigenvalue weighted by Crippen LogP contribution is 2.21. The number of hydrogen-bond acceptors (Lipinski definition) is 3. The van der Waals surface area contributed by atoms with Crippen LogP contribution in [0.3, 0.4) is 0 Å². The Morgan fingerprint density at radius 3 is 2.44 bits per heavy atom. The molecule has 140 valence electrons. The molecule has 2 rings (SSSR count). The predicted molar refractivity (Wildman–Crippen MR) is 104 cm³/mol. The van der Waals surface area contributed by atoms with Gasteiger partial charge in [-0.05, 0) is 64.9 Å². The molecule has 8 heteroatoms. The van der Waals surface area contributed by atoms with E-state index in [1.807, 2.05) is 20.8 Å². The number of rotatable bonds is 3. The van der Waals surface area contributed by atoms with E-state index in [1.54, 1.807) is 18.2 Å². The third kappa shape index (κ3) is 7.10. The van der Waals surface area contributed by atoms with Crippen LogP contribution in [-0.2, 0) is 0 Å². The summed E-state index contributed by atoms with van der Waals surface area (Å²) >= 11 is 6.15. The van der Waals surface area contributed by atoms with Gasteiger partial charge in [0.25, 0.3) is 5.91 Å². The number of benzene rings is 1. The minimum atomic E-state index is -0.342. The molecule has 0 atom stereocenters. The minimum absolute atomic E-state index is 0. The van der Waals surface area contributed by atoms with Crippen LogP contribution in [0.25, 0.3) is 0 Å². The van der Waals surface area contributed by atoms with E-state index in [0.717, 1.165) is 25.9 Å². The van der Waals surface area contributed by atoms with Gasteiger partial charge < -0.3 is 21.3 Å². The predicted octanol–water partition coefficient (Wildman–Crippen LogP) is 3.16. The van der Waals surface area contributed by atoms with Crippen LogP contribution in [0.1, 0.15) is 44.0 Å². The van der Waals surface area contributed by atoms with E-state index in [9.17, 15) is 9.59 Å². The van der Waals surface area contributed by atoms with Crippen LogP contribution in [-0.4, -0.2) is 36.6 Å². The van der Waals surface area contributed by atoms with E-state index in [0.29, 0.717) is 16.3 Å². The highest BCUT2D eigenvalue weighted by Gasteiger charge is 2.19. The van der Waals surface area contributed by atoms with Gasteiger partial charge in [0.1, 0.15) is 0 Å². The molecule has 4 N–H and O–H groups in total. The topological polar surface area (TPSA) is 82.3 Å². The smallest absolute Gasteiger partial charge is 0.319 e. The Labute approximate surface area is 159 Å². The first kappa shape index (κ1) is 21.5. The second-order valence-electron chi connectivity index (χ2n) is 7.02. The normalized spacial score (nSPS) is 15.0. The van der Waals surface area contributed by atoms with Crippen molar-refractivity contribution in [2.75, 3.05) is 18.4 Å². The lowest BCUT2D eigenvalue weighted by Gasteiger charge is -2.24. The van der Waals surface area contributed by atoms with Crippen molar-refractivity contribution in [1.29, 1.82) is 0 Å². The van der Waals surface area contributed by atoms with Crippen LogP contribution in [0.15, 0.2) is 18.2 Å². The Balaban J connectivity index is 0.00000312. The fourth-order valence-corrected chi connectivity index (χ4v) is 2.71. The lowest BCUT2D eigenvalue weighted by Crippen LogP contribution is -2.43. The van der Waals surface area contributed by atoms with Crippen molar-refractivity contribution < 1.29 is 9.59 Å². The summed E-state index contributed by atoms with van der Waals surface area (Å²) in [4.78, 5) is 24.4. The zero-order valence-corrected chi connectivity index (χ0v) is 16.3. The van der Waals surface area contributed by atoms with Crippen LogP contribution in [0.5, 0.6) is 0 Å². The number of hydrogen-bond donors (Lipinski definition) is 4. The van der Waals surface area contributed by atoms with Gasteiger partial charge >= 0.3 is 6.03 Å². The van der Waals surface area contributed by atoms with Crippen LogP contribution in [0.4, 0.5) is 10.5 Å². The molecule has 0 bridgehead atoms. The molecule has 0 saturated carbocycles. The van der Waals surface area contributed by atoms with Gasteiger partial charge in [-0.3, -0.25) is 4.79 Å². The lowest BCUT2D eigenvalue weighted by atomic mass is 10.1. The summed E-state index contributed by atoms with van der Waals surface area (Å²) in [6, 6.07) is 4.71. The Morgan fingerprint density at radius 2 is 1.84 bits per heavy atom. The van der Waals surface area contributed by atoms with E-state index in [-0.39, 0.29) is 35.9 Å². The van der Waals surface area contributed by atoms with Crippen molar-refractivity contribution in [1.82, 2.24) is 16.0 Å². The molecular formula is C17H26Cl2N4O2. The maximum Gasteiger partial charge on any atom is 0.319 e. The lowest BCUT2D eigenvalue weighted by molar-refractivity contribution is 0.0929. The Morgan fingerprint density at radius 1 is 1.20 bits per heavy atom. The second-order valence-corrected chi connectivity index (χ2v) is 7.43. The van der Waals surface area contributed by atoms with Gasteiger partial charge in [0.05, 0.1) is 10.6 Å². The fourth-order valence-electron chi connectivity index (χ4n) is 2.51. The molecule has 0 aromatic heterocycles. The minimum Gasteiger partial charge on any atom is -0.349 e. The molecule has 1 aromatic carbocycles. The molecule has 1 saturated heterocycles. The Hall–Kier alpha value is -1.50. The first-order valence-corrected chi connectivity index (χ1v) is 8.53. The average molecular weight is 389 g/mol. The molecular weight excluding hydrogens is 363 g/mol.